The molecule has 0 bridgehead atoms. The minimum Gasteiger partial charge on any atom is -0.378 e. The van der Waals surface area contributed by atoms with Crippen molar-refractivity contribution >= 4 is 22.7 Å². The highest BCUT2D eigenvalue weighted by atomic mass is 32.1. The van der Waals surface area contributed by atoms with Crippen LogP contribution in [0.5, 0.6) is 0 Å². The van der Waals surface area contributed by atoms with Crippen molar-refractivity contribution in [2.45, 2.75) is 0 Å². The number of rotatable bonds is 4. The zero-order chi connectivity index (χ0) is 16.2. The van der Waals surface area contributed by atoms with Crippen LogP contribution in [0, 0.1) is 0 Å². The van der Waals surface area contributed by atoms with Gasteiger partial charge in [-0.15, -0.1) is 10.2 Å². The molecule has 0 spiro atoms. The number of ether oxygens (including phenoxy) is 1. The molecule has 0 N–H and O–H groups in total. The van der Waals surface area contributed by atoms with Crippen LogP contribution in [0.25, 0.3) is 11.3 Å². The number of benzene rings is 1. The minimum absolute atomic E-state index is 0.740. The van der Waals surface area contributed by atoms with Gasteiger partial charge >= 0.3 is 0 Å². The van der Waals surface area contributed by atoms with Crippen molar-refractivity contribution < 1.29 is 4.74 Å². The van der Waals surface area contributed by atoms with Gasteiger partial charge in [-0.3, -0.25) is 0 Å². The second-order valence-corrected chi connectivity index (χ2v) is 6.27. The van der Waals surface area contributed by atoms with Crippen molar-refractivity contribution in [2.24, 2.45) is 5.10 Å². The first kappa shape index (κ1) is 15.0. The van der Waals surface area contributed by atoms with Crippen molar-refractivity contribution in [2.75, 3.05) is 31.2 Å². The summed E-state index contributed by atoms with van der Waals surface area (Å²) in [5.41, 5.74) is 2.03. The molecule has 7 nitrogen and oxygen atoms in total. The molecule has 1 saturated heterocycles. The molecule has 1 aromatic carbocycles. The van der Waals surface area contributed by atoms with E-state index in [0.717, 1.165) is 47.6 Å². The lowest BCUT2D eigenvalue weighted by atomic mass is 10.1. The fourth-order valence-corrected chi connectivity index (χ4v) is 3.48. The van der Waals surface area contributed by atoms with E-state index in [1.165, 1.54) is 0 Å². The van der Waals surface area contributed by atoms with Crippen LogP contribution >= 0.6 is 11.3 Å². The summed E-state index contributed by atoms with van der Waals surface area (Å²) in [4.78, 5) is 8.13. The van der Waals surface area contributed by atoms with E-state index in [4.69, 9.17) is 9.72 Å². The third kappa shape index (κ3) is 3.19. The van der Waals surface area contributed by atoms with Crippen LogP contribution < -0.4 is 4.90 Å². The van der Waals surface area contributed by atoms with Gasteiger partial charge in [0.2, 0.25) is 0 Å². The third-order valence-corrected chi connectivity index (χ3v) is 4.74. The largest absolute Gasteiger partial charge is 0.378 e. The predicted molar refractivity (Wildman–Crippen MR) is 93.6 cm³/mol. The minimum atomic E-state index is 0.740. The van der Waals surface area contributed by atoms with Gasteiger partial charge in [0.15, 0.2) is 5.13 Å². The van der Waals surface area contributed by atoms with Crippen LogP contribution in [-0.2, 0) is 4.74 Å². The molecule has 1 aliphatic heterocycles. The highest BCUT2D eigenvalue weighted by Gasteiger charge is 2.18. The standard InChI is InChI=1S/C16H16N6OS/c1-2-4-13(5-3-1)15-14(10-19-22-11-17-18-12-22)24-16(20-15)21-6-8-23-9-7-21/h1-5,10-12H,6-9H2. The fourth-order valence-electron chi connectivity index (χ4n) is 2.47. The first-order valence-corrected chi connectivity index (χ1v) is 8.50. The van der Waals surface area contributed by atoms with Crippen LogP contribution in [0.1, 0.15) is 4.88 Å². The number of nitrogens with zero attached hydrogens (tertiary/aromatic N) is 6. The van der Waals surface area contributed by atoms with Gasteiger partial charge in [-0.05, 0) is 0 Å². The summed E-state index contributed by atoms with van der Waals surface area (Å²) in [5, 5.41) is 12.9. The molecule has 0 saturated carbocycles. The maximum atomic E-state index is 5.43. The zero-order valence-electron chi connectivity index (χ0n) is 12.9. The van der Waals surface area contributed by atoms with E-state index >= 15 is 0 Å². The lowest BCUT2D eigenvalue weighted by Crippen LogP contribution is -2.36. The Labute approximate surface area is 143 Å². The molecular weight excluding hydrogens is 324 g/mol. The molecule has 1 aliphatic rings. The van der Waals surface area contributed by atoms with Gasteiger partial charge in [-0.2, -0.15) is 5.10 Å². The Kier molecular flexibility index (Phi) is 4.30. The molecule has 2 aromatic heterocycles. The number of hydrogen-bond donors (Lipinski definition) is 0. The van der Waals surface area contributed by atoms with E-state index in [1.807, 2.05) is 24.4 Å². The summed E-state index contributed by atoms with van der Waals surface area (Å²) in [5.74, 6) is 0. The molecule has 0 unspecified atom stereocenters. The number of hydrogen-bond acceptors (Lipinski definition) is 7. The van der Waals surface area contributed by atoms with Crippen molar-refractivity contribution in [3.63, 3.8) is 0 Å². The van der Waals surface area contributed by atoms with Gasteiger partial charge in [0.1, 0.15) is 12.7 Å². The Morgan fingerprint density at radius 3 is 2.58 bits per heavy atom. The summed E-state index contributed by atoms with van der Waals surface area (Å²) < 4.78 is 7.00. The number of morpholine rings is 1. The number of anilines is 1. The molecule has 4 rings (SSSR count). The molecule has 0 radical (unpaired) electrons. The monoisotopic (exact) mass is 340 g/mol. The average molecular weight is 340 g/mol. The first-order valence-electron chi connectivity index (χ1n) is 7.68. The van der Waals surface area contributed by atoms with Crippen molar-refractivity contribution in [1.82, 2.24) is 19.9 Å². The van der Waals surface area contributed by atoms with Crippen LogP contribution in [0.2, 0.25) is 0 Å². The Morgan fingerprint density at radius 2 is 1.83 bits per heavy atom. The van der Waals surface area contributed by atoms with Crippen LogP contribution in [0.15, 0.2) is 48.1 Å². The topological polar surface area (TPSA) is 68.4 Å². The van der Waals surface area contributed by atoms with Crippen molar-refractivity contribution in [3.05, 3.63) is 47.9 Å². The van der Waals surface area contributed by atoms with Gasteiger partial charge in [0.05, 0.1) is 30.0 Å². The quantitative estimate of drug-likeness (QED) is 0.681. The Morgan fingerprint density at radius 1 is 1.08 bits per heavy atom. The van der Waals surface area contributed by atoms with E-state index in [-0.39, 0.29) is 0 Å². The highest BCUT2D eigenvalue weighted by Crippen LogP contribution is 2.32. The predicted octanol–water partition coefficient (Wildman–Crippen LogP) is 2.12. The Bertz CT molecular complexity index is 808. The van der Waals surface area contributed by atoms with Gasteiger partial charge in [0, 0.05) is 18.7 Å². The SMILES string of the molecule is C(=Nn1cnnc1)c1sc(N2CCOCC2)nc1-c1ccccc1. The van der Waals surface area contributed by atoms with Gasteiger partial charge in [-0.1, -0.05) is 41.7 Å². The smallest absolute Gasteiger partial charge is 0.186 e. The third-order valence-electron chi connectivity index (χ3n) is 3.69. The second-order valence-electron chi connectivity index (χ2n) is 5.26. The Hall–Kier alpha value is -2.58. The lowest BCUT2D eigenvalue weighted by Gasteiger charge is -2.26. The summed E-state index contributed by atoms with van der Waals surface area (Å²) >= 11 is 1.64. The molecule has 1 fully saturated rings. The normalized spacial score (nSPS) is 15.2. The molecule has 0 aliphatic carbocycles. The van der Waals surface area contributed by atoms with Crippen LogP contribution in [-0.4, -0.2) is 52.4 Å². The van der Waals surface area contributed by atoms with Gasteiger partial charge in [-0.25, -0.2) is 9.66 Å². The molecule has 24 heavy (non-hydrogen) atoms. The highest BCUT2D eigenvalue weighted by molar-refractivity contribution is 7.17. The fraction of sp³-hybridized carbons (Fsp3) is 0.250. The van der Waals surface area contributed by atoms with E-state index in [1.54, 1.807) is 28.7 Å². The molecular formula is C16H16N6OS. The number of thiazole rings is 1. The van der Waals surface area contributed by atoms with E-state index in [0.29, 0.717) is 0 Å². The van der Waals surface area contributed by atoms with Crippen LogP contribution in [0.3, 0.4) is 0 Å². The summed E-state index contributed by atoms with van der Waals surface area (Å²) in [7, 11) is 0. The molecule has 0 atom stereocenters. The van der Waals surface area contributed by atoms with Crippen molar-refractivity contribution in [3.8, 4) is 11.3 Å². The molecule has 122 valence electrons. The van der Waals surface area contributed by atoms with Crippen molar-refractivity contribution in [1.29, 1.82) is 0 Å². The second kappa shape index (κ2) is 6.90. The molecule has 8 heteroatoms. The first-order chi connectivity index (χ1) is 11.9. The van der Waals surface area contributed by atoms with E-state index in [2.05, 4.69) is 32.3 Å². The van der Waals surface area contributed by atoms with E-state index in [9.17, 15) is 0 Å². The molecule has 3 heterocycles. The zero-order valence-corrected chi connectivity index (χ0v) is 13.8. The Balaban J connectivity index is 1.70. The van der Waals surface area contributed by atoms with Crippen LogP contribution in [0.4, 0.5) is 5.13 Å². The average Bonchev–Trinajstić information content (AvgIpc) is 3.31. The summed E-state index contributed by atoms with van der Waals surface area (Å²) in [6.45, 7) is 3.21. The molecule has 0 amide bonds. The maximum Gasteiger partial charge on any atom is 0.186 e. The maximum absolute atomic E-state index is 5.43. The van der Waals surface area contributed by atoms with E-state index < -0.39 is 0 Å². The summed E-state index contributed by atoms with van der Waals surface area (Å²) in [6.07, 6.45) is 4.93. The lowest BCUT2D eigenvalue weighted by molar-refractivity contribution is 0.122. The van der Waals surface area contributed by atoms with Gasteiger partial charge < -0.3 is 9.64 Å². The molecule has 3 aromatic rings. The number of aromatic nitrogens is 4. The summed E-state index contributed by atoms with van der Waals surface area (Å²) in [6, 6.07) is 10.2. The van der Waals surface area contributed by atoms with Gasteiger partial charge in [0.25, 0.3) is 0 Å².